The van der Waals surface area contributed by atoms with E-state index in [2.05, 4.69) is 4.74 Å². The maximum atomic E-state index is 12.5. The van der Waals surface area contributed by atoms with Crippen molar-refractivity contribution in [1.82, 2.24) is 4.90 Å². The van der Waals surface area contributed by atoms with Gasteiger partial charge in [0.25, 0.3) is 5.91 Å². The molecule has 0 bridgehead atoms. The molecule has 1 aliphatic rings. The number of aliphatic hydroxyl groups is 1. The van der Waals surface area contributed by atoms with Crippen LogP contribution in [0.4, 0.5) is 0 Å². The van der Waals surface area contributed by atoms with Gasteiger partial charge in [0.1, 0.15) is 6.04 Å². The maximum Gasteiger partial charge on any atom is 0.328 e. The second kappa shape index (κ2) is 5.99. The number of halogens is 2. The van der Waals surface area contributed by atoms with Crippen molar-refractivity contribution < 1.29 is 19.4 Å². The first-order valence-electron chi connectivity index (χ1n) is 5.96. The van der Waals surface area contributed by atoms with Crippen LogP contribution in [0.25, 0.3) is 0 Å². The third-order valence-electron chi connectivity index (χ3n) is 3.17. The van der Waals surface area contributed by atoms with Crippen LogP contribution in [0.1, 0.15) is 16.8 Å². The summed E-state index contributed by atoms with van der Waals surface area (Å²) in [5.41, 5.74) is 0.196. The predicted molar refractivity (Wildman–Crippen MR) is 73.9 cm³/mol. The van der Waals surface area contributed by atoms with Crippen LogP contribution < -0.4 is 0 Å². The zero-order valence-corrected chi connectivity index (χ0v) is 12.2. The van der Waals surface area contributed by atoms with Crippen LogP contribution in [0.3, 0.4) is 0 Å². The average molecular weight is 318 g/mol. The summed E-state index contributed by atoms with van der Waals surface area (Å²) in [4.78, 5) is 25.4. The first kappa shape index (κ1) is 15.1. The zero-order valence-electron chi connectivity index (χ0n) is 10.7. The van der Waals surface area contributed by atoms with E-state index in [0.717, 1.165) is 0 Å². The van der Waals surface area contributed by atoms with Crippen LogP contribution in [-0.4, -0.2) is 47.7 Å². The Kier molecular flexibility index (Phi) is 4.52. The summed E-state index contributed by atoms with van der Waals surface area (Å²) in [7, 11) is 1.24. The van der Waals surface area contributed by atoms with Crippen LogP contribution in [0.5, 0.6) is 0 Å². The number of benzene rings is 1. The van der Waals surface area contributed by atoms with Gasteiger partial charge in [0.05, 0.1) is 23.8 Å². The van der Waals surface area contributed by atoms with E-state index in [1.54, 1.807) is 6.07 Å². The van der Waals surface area contributed by atoms with Crippen LogP contribution >= 0.6 is 23.2 Å². The largest absolute Gasteiger partial charge is 0.467 e. The monoisotopic (exact) mass is 317 g/mol. The molecule has 1 heterocycles. The van der Waals surface area contributed by atoms with Gasteiger partial charge in [0.2, 0.25) is 0 Å². The fourth-order valence-corrected chi connectivity index (χ4v) is 2.58. The lowest BCUT2D eigenvalue weighted by Gasteiger charge is -2.22. The molecule has 108 valence electrons. The molecule has 0 saturated carbocycles. The lowest BCUT2D eigenvalue weighted by molar-refractivity contribution is -0.145. The van der Waals surface area contributed by atoms with Crippen molar-refractivity contribution in [3.05, 3.63) is 33.8 Å². The molecule has 5 nitrogen and oxygen atoms in total. The molecule has 0 spiro atoms. The molecular weight excluding hydrogens is 305 g/mol. The predicted octanol–water partition coefficient (Wildman–Crippen LogP) is 1.74. The van der Waals surface area contributed by atoms with Crippen LogP contribution in [0.15, 0.2) is 18.2 Å². The van der Waals surface area contributed by atoms with E-state index in [1.807, 2.05) is 0 Å². The van der Waals surface area contributed by atoms with Gasteiger partial charge >= 0.3 is 5.97 Å². The van der Waals surface area contributed by atoms with Gasteiger partial charge in [-0.1, -0.05) is 23.2 Å². The topological polar surface area (TPSA) is 66.8 Å². The molecule has 1 saturated heterocycles. The third kappa shape index (κ3) is 2.90. The van der Waals surface area contributed by atoms with Gasteiger partial charge in [0, 0.05) is 18.0 Å². The smallest absolute Gasteiger partial charge is 0.328 e. The number of carbonyl (C=O) groups is 2. The normalized spacial score (nSPS) is 21.9. The van der Waals surface area contributed by atoms with Crippen LogP contribution in [0, 0.1) is 0 Å². The van der Waals surface area contributed by atoms with Crippen LogP contribution in [-0.2, 0) is 9.53 Å². The highest BCUT2D eigenvalue weighted by Crippen LogP contribution is 2.26. The molecule has 1 aromatic carbocycles. The van der Waals surface area contributed by atoms with E-state index in [0.29, 0.717) is 5.02 Å². The summed E-state index contributed by atoms with van der Waals surface area (Å²) < 4.78 is 4.65. The number of hydrogen-bond donors (Lipinski definition) is 1. The highest BCUT2D eigenvalue weighted by molar-refractivity contribution is 6.35. The second-order valence-corrected chi connectivity index (χ2v) is 5.35. The van der Waals surface area contributed by atoms with Crippen molar-refractivity contribution in [2.45, 2.75) is 18.6 Å². The molecule has 1 amide bonds. The molecule has 1 aliphatic heterocycles. The van der Waals surface area contributed by atoms with Crippen molar-refractivity contribution in [2.75, 3.05) is 13.7 Å². The Hall–Kier alpha value is -1.30. The molecule has 2 rings (SSSR count). The van der Waals surface area contributed by atoms with Gasteiger partial charge in [-0.25, -0.2) is 4.79 Å². The van der Waals surface area contributed by atoms with Crippen molar-refractivity contribution in [3.8, 4) is 0 Å². The fourth-order valence-electron chi connectivity index (χ4n) is 2.21. The molecule has 1 fully saturated rings. The van der Waals surface area contributed by atoms with Gasteiger partial charge in [0.15, 0.2) is 0 Å². The number of esters is 1. The van der Waals surface area contributed by atoms with Gasteiger partial charge < -0.3 is 14.7 Å². The van der Waals surface area contributed by atoms with Gasteiger partial charge in [-0.05, 0) is 18.2 Å². The molecular formula is C13H13Cl2NO4. The minimum Gasteiger partial charge on any atom is -0.467 e. The van der Waals surface area contributed by atoms with E-state index in [4.69, 9.17) is 23.2 Å². The van der Waals surface area contributed by atoms with E-state index in [-0.39, 0.29) is 23.6 Å². The van der Waals surface area contributed by atoms with E-state index >= 15 is 0 Å². The molecule has 20 heavy (non-hydrogen) atoms. The molecule has 7 heteroatoms. The Morgan fingerprint density at radius 1 is 1.40 bits per heavy atom. The molecule has 1 N–H and O–H groups in total. The first-order chi connectivity index (χ1) is 9.43. The summed E-state index contributed by atoms with van der Waals surface area (Å²) in [5, 5.41) is 10.3. The van der Waals surface area contributed by atoms with Gasteiger partial charge in [-0.2, -0.15) is 0 Å². The van der Waals surface area contributed by atoms with Gasteiger partial charge in [-0.3, -0.25) is 4.79 Å². The number of carbonyl (C=O) groups excluding carboxylic acids is 2. The molecule has 0 unspecified atom stereocenters. The quantitative estimate of drug-likeness (QED) is 0.844. The first-order valence-corrected chi connectivity index (χ1v) is 6.71. The number of methoxy groups -OCH3 is 1. The van der Waals surface area contributed by atoms with Crippen molar-refractivity contribution in [1.29, 1.82) is 0 Å². The third-order valence-corrected chi connectivity index (χ3v) is 3.74. The van der Waals surface area contributed by atoms with Crippen molar-refractivity contribution >= 4 is 35.1 Å². The summed E-state index contributed by atoms with van der Waals surface area (Å²) in [5.74, 6) is -1.02. The zero-order chi connectivity index (χ0) is 14.9. The molecule has 2 atom stereocenters. The Morgan fingerprint density at radius 3 is 2.75 bits per heavy atom. The van der Waals surface area contributed by atoms with E-state index in [9.17, 15) is 14.7 Å². The fraction of sp³-hybridized carbons (Fsp3) is 0.385. The molecule has 0 radical (unpaired) electrons. The lowest BCUT2D eigenvalue weighted by Crippen LogP contribution is -2.41. The highest BCUT2D eigenvalue weighted by Gasteiger charge is 2.40. The number of rotatable bonds is 2. The van der Waals surface area contributed by atoms with E-state index in [1.165, 1.54) is 24.1 Å². The van der Waals surface area contributed by atoms with Gasteiger partial charge in [-0.15, -0.1) is 0 Å². The average Bonchev–Trinajstić information content (AvgIpc) is 2.82. The standard InChI is InChI=1S/C13H13Cl2NO4/c1-20-13(19)11-5-8(17)6-16(11)12(18)9-4-7(14)2-3-10(9)15/h2-4,8,11,17H,5-6H2,1H3/t8-,11+/m1/s1. The minimum absolute atomic E-state index is 0.0570. The summed E-state index contributed by atoms with van der Waals surface area (Å²) in [6.07, 6.45) is -0.614. The van der Waals surface area contributed by atoms with Crippen molar-refractivity contribution in [3.63, 3.8) is 0 Å². The van der Waals surface area contributed by atoms with Crippen LogP contribution in [0.2, 0.25) is 10.0 Å². The van der Waals surface area contributed by atoms with Crippen molar-refractivity contribution in [2.24, 2.45) is 0 Å². The number of ether oxygens (including phenoxy) is 1. The Morgan fingerprint density at radius 2 is 2.10 bits per heavy atom. The SMILES string of the molecule is COC(=O)[C@@H]1C[C@@H](O)CN1C(=O)c1cc(Cl)ccc1Cl. The lowest BCUT2D eigenvalue weighted by atomic mass is 10.1. The summed E-state index contributed by atoms with van der Waals surface area (Å²) in [6.45, 7) is 0.0570. The Labute approximate surface area is 126 Å². The Bertz CT molecular complexity index is 549. The molecule has 0 aliphatic carbocycles. The molecule has 0 aromatic heterocycles. The number of nitrogens with zero attached hydrogens (tertiary/aromatic N) is 1. The number of likely N-dealkylation sites (tertiary alicyclic amines) is 1. The second-order valence-electron chi connectivity index (χ2n) is 4.51. The number of aliphatic hydroxyl groups excluding tert-OH is 1. The summed E-state index contributed by atoms with van der Waals surface area (Å²) >= 11 is 11.8. The minimum atomic E-state index is -0.808. The molecule has 1 aromatic rings. The maximum absolute atomic E-state index is 12.5. The number of hydrogen-bond acceptors (Lipinski definition) is 4. The summed E-state index contributed by atoms with van der Waals surface area (Å²) in [6, 6.07) is 3.71. The number of amides is 1. The Balaban J connectivity index is 2.31. The number of β-amino-alcohol motifs (C(OH)–C–C–N with tert-alkyl or cyclic N) is 1. The van der Waals surface area contributed by atoms with E-state index < -0.39 is 24.0 Å². The highest BCUT2D eigenvalue weighted by atomic mass is 35.5.